The Morgan fingerprint density at radius 3 is 2.65 bits per heavy atom. The van der Waals surface area contributed by atoms with E-state index in [1.807, 2.05) is 0 Å². The van der Waals surface area contributed by atoms with Gasteiger partial charge in [0, 0.05) is 6.54 Å². The first kappa shape index (κ1) is 15.2. The summed E-state index contributed by atoms with van der Waals surface area (Å²) < 4.78 is 14.2. The fourth-order valence-electron chi connectivity index (χ4n) is 1.58. The number of unbranched alkanes of at least 4 members (excludes halogenated alkanes) is 3. The van der Waals surface area contributed by atoms with Crippen molar-refractivity contribution in [2.45, 2.75) is 32.2 Å². The third kappa shape index (κ3) is 6.58. The summed E-state index contributed by atoms with van der Waals surface area (Å²) in [5.41, 5.74) is 1.03. The molecule has 0 unspecified atom stereocenters. The molecule has 1 aromatic rings. The van der Waals surface area contributed by atoms with E-state index in [4.69, 9.17) is 11.6 Å². The van der Waals surface area contributed by atoms with Gasteiger partial charge < -0.3 is 5.32 Å². The summed E-state index contributed by atoms with van der Waals surface area (Å²) in [4.78, 5) is 0. The van der Waals surface area contributed by atoms with Crippen LogP contribution in [-0.4, -0.2) is 11.0 Å². The zero-order valence-electron chi connectivity index (χ0n) is 9.82. The zero-order chi connectivity index (χ0) is 12.5. The van der Waals surface area contributed by atoms with Gasteiger partial charge in [0.1, 0.15) is 5.82 Å². The molecule has 0 fully saturated rings. The van der Waals surface area contributed by atoms with Crippen LogP contribution >= 0.6 is 34.2 Å². The summed E-state index contributed by atoms with van der Waals surface area (Å²) in [5, 5.41) is 3.54. The van der Waals surface area contributed by atoms with E-state index >= 15 is 0 Å². The molecule has 0 aromatic heterocycles. The Bertz CT molecular complexity index is 333. The molecule has 17 heavy (non-hydrogen) atoms. The van der Waals surface area contributed by atoms with Gasteiger partial charge in [-0.2, -0.15) is 0 Å². The molecule has 0 heterocycles. The van der Waals surface area contributed by atoms with Crippen LogP contribution in [-0.2, 0) is 6.54 Å². The molecule has 0 radical (unpaired) electrons. The van der Waals surface area contributed by atoms with Crippen LogP contribution < -0.4 is 5.32 Å². The fraction of sp³-hybridized carbons (Fsp3) is 0.538. The number of nitrogens with one attached hydrogen (secondary N) is 1. The summed E-state index contributed by atoms with van der Waals surface area (Å²) in [5.74, 6) is -0.353. The highest BCUT2D eigenvalue weighted by Crippen LogP contribution is 2.15. The van der Waals surface area contributed by atoms with Crippen LogP contribution in [0.4, 0.5) is 4.39 Å². The minimum Gasteiger partial charge on any atom is -0.313 e. The van der Waals surface area contributed by atoms with Crippen molar-refractivity contribution in [3.8, 4) is 0 Å². The van der Waals surface area contributed by atoms with E-state index in [2.05, 4.69) is 27.9 Å². The molecule has 0 amide bonds. The van der Waals surface area contributed by atoms with Gasteiger partial charge in [-0.1, -0.05) is 53.1 Å². The SMILES string of the molecule is Fc1ccc(CNCCCCCCI)cc1Cl. The maximum atomic E-state index is 12.9. The predicted molar refractivity (Wildman–Crippen MR) is 80.5 cm³/mol. The standard InChI is InChI=1S/C13H18ClFIN/c14-12-9-11(5-6-13(12)15)10-17-8-4-2-1-3-7-16/h5-6,9,17H,1-4,7-8,10H2. The lowest BCUT2D eigenvalue weighted by Crippen LogP contribution is -2.14. The Hall–Kier alpha value is 0.130. The van der Waals surface area contributed by atoms with Crippen LogP contribution in [0.1, 0.15) is 31.2 Å². The van der Waals surface area contributed by atoms with Crippen molar-refractivity contribution in [1.29, 1.82) is 0 Å². The first-order valence-corrected chi connectivity index (χ1v) is 7.85. The van der Waals surface area contributed by atoms with Crippen LogP contribution in [0.3, 0.4) is 0 Å². The number of halogens is 3. The fourth-order valence-corrected chi connectivity index (χ4v) is 2.32. The molecule has 0 aliphatic heterocycles. The highest BCUT2D eigenvalue weighted by atomic mass is 127. The van der Waals surface area contributed by atoms with E-state index in [0.717, 1.165) is 18.7 Å². The van der Waals surface area contributed by atoms with Gasteiger partial charge in [-0.25, -0.2) is 4.39 Å². The number of hydrogen-bond donors (Lipinski definition) is 1. The van der Waals surface area contributed by atoms with Crippen molar-refractivity contribution in [3.05, 3.63) is 34.6 Å². The molecule has 1 aromatic carbocycles. The van der Waals surface area contributed by atoms with Crippen molar-refractivity contribution < 1.29 is 4.39 Å². The number of hydrogen-bond acceptors (Lipinski definition) is 1. The lowest BCUT2D eigenvalue weighted by molar-refractivity contribution is 0.598. The van der Waals surface area contributed by atoms with Gasteiger partial charge in [0.15, 0.2) is 0 Å². The topological polar surface area (TPSA) is 12.0 Å². The molecule has 0 saturated carbocycles. The Morgan fingerprint density at radius 1 is 1.18 bits per heavy atom. The van der Waals surface area contributed by atoms with Gasteiger partial charge >= 0.3 is 0 Å². The second kappa shape index (κ2) is 9.11. The summed E-state index contributed by atoms with van der Waals surface area (Å²) in [6, 6.07) is 4.87. The molecule has 1 N–H and O–H groups in total. The Kier molecular flexibility index (Phi) is 8.14. The minimum atomic E-state index is -0.353. The molecule has 0 bridgehead atoms. The highest BCUT2D eigenvalue weighted by molar-refractivity contribution is 14.1. The molecule has 4 heteroatoms. The Morgan fingerprint density at radius 2 is 1.94 bits per heavy atom. The van der Waals surface area contributed by atoms with E-state index in [1.165, 1.54) is 36.2 Å². The average Bonchev–Trinajstić information content (AvgIpc) is 2.32. The van der Waals surface area contributed by atoms with Crippen molar-refractivity contribution >= 4 is 34.2 Å². The van der Waals surface area contributed by atoms with Gasteiger partial charge in [-0.3, -0.25) is 0 Å². The molecule has 1 rings (SSSR count). The van der Waals surface area contributed by atoms with Crippen LogP contribution in [0, 0.1) is 5.82 Å². The minimum absolute atomic E-state index is 0.200. The summed E-state index contributed by atoms with van der Waals surface area (Å²) >= 11 is 8.12. The maximum Gasteiger partial charge on any atom is 0.141 e. The second-order valence-corrected chi connectivity index (χ2v) is 5.51. The molecular weight excluding hydrogens is 352 g/mol. The predicted octanol–water partition coefficient (Wildman–Crippen LogP) is 4.56. The number of alkyl halides is 1. The lowest BCUT2D eigenvalue weighted by atomic mass is 10.2. The monoisotopic (exact) mass is 369 g/mol. The molecule has 0 spiro atoms. The highest BCUT2D eigenvalue weighted by Gasteiger charge is 2.00. The van der Waals surface area contributed by atoms with Crippen molar-refractivity contribution in [1.82, 2.24) is 5.32 Å². The van der Waals surface area contributed by atoms with Crippen molar-refractivity contribution in [3.63, 3.8) is 0 Å². The molecule has 0 atom stereocenters. The van der Waals surface area contributed by atoms with Gasteiger partial charge in [0.2, 0.25) is 0 Å². The quantitative estimate of drug-likeness (QED) is 0.402. The van der Waals surface area contributed by atoms with Crippen LogP contribution in [0.5, 0.6) is 0 Å². The molecular formula is C13H18ClFIN. The Labute approximate surface area is 121 Å². The lowest BCUT2D eigenvalue weighted by Gasteiger charge is -2.05. The molecule has 0 aliphatic carbocycles. The Balaban J connectivity index is 2.11. The molecule has 0 saturated heterocycles. The third-order valence-corrected chi connectivity index (χ3v) is 3.60. The van der Waals surface area contributed by atoms with Crippen molar-refractivity contribution in [2.24, 2.45) is 0 Å². The van der Waals surface area contributed by atoms with Crippen LogP contribution in [0.2, 0.25) is 5.02 Å². The van der Waals surface area contributed by atoms with E-state index in [9.17, 15) is 4.39 Å². The first-order chi connectivity index (χ1) is 8.24. The molecule has 1 nitrogen and oxygen atoms in total. The van der Waals surface area contributed by atoms with Gasteiger partial charge in [0.25, 0.3) is 0 Å². The van der Waals surface area contributed by atoms with Gasteiger partial charge in [-0.15, -0.1) is 0 Å². The van der Waals surface area contributed by atoms with Gasteiger partial charge in [-0.05, 0) is 41.5 Å². The second-order valence-electron chi connectivity index (χ2n) is 4.03. The largest absolute Gasteiger partial charge is 0.313 e. The summed E-state index contributed by atoms with van der Waals surface area (Å²) in [6.45, 7) is 1.77. The normalized spacial score (nSPS) is 10.8. The summed E-state index contributed by atoms with van der Waals surface area (Å²) in [7, 11) is 0. The van der Waals surface area contributed by atoms with Gasteiger partial charge in [0.05, 0.1) is 5.02 Å². The van der Waals surface area contributed by atoms with E-state index < -0.39 is 0 Å². The smallest absolute Gasteiger partial charge is 0.141 e. The van der Waals surface area contributed by atoms with E-state index in [-0.39, 0.29) is 10.8 Å². The number of rotatable bonds is 8. The third-order valence-electron chi connectivity index (χ3n) is 2.55. The van der Waals surface area contributed by atoms with Crippen molar-refractivity contribution in [2.75, 3.05) is 11.0 Å². The zero-order valence-corrected chi connectivity index (χ0v) is 12.7. The van der Waals surface area contributed by atoms with Crippen LogP contribution in [0.25, 0.3) is 0 Å². The van der Waals surface area contributed by atoms with E-state index in [1.54, 1.807) is 12.1 Å². The average molecular weight is 370 g/mol. The number of benzene rings is 1. The first-order valence-electron chi connectivity index (χ1n) is 5.94. The maximum absolute atomic E-state index is 12.9. The van der Waals surface area contributed by atoms with Crippen LogP contribution in [0.15, 0.2) is 18.2 Å². The molecule has 0 aliphatic rings. The summed E-state index contributed by atoms with van der Waals surface area (Å²) in [6.07, 6.45) is 5.10. The molecule has 96 valence electrons. The van der Waals surface area contributed by atoms with E-state index in [0.29, 0.717) is 0 Å².